The zero-order valence-electron chi connectivity index (χ0n) is 19.8. The number of nitrogens with two attached hydrogens (primary N) is 1. The third kappa shape index (κ3) is 4.72. The maximum absolute atomic E-state index is 15.6. The van der Waals surface area contributed by atoms with Crippen LogP contribution in [0.2, 0.25) is 0 Å². The number of aryl methyl sites for hydroxylation is 1. The van der Waals surface area contributed by atoms with Crippen LogP contribution in [0.1, 0.15) is 30.0 Å². The van der Waals surface area contributed by atoms with Crippen molar-refractivity contribution in [2.75, 3.05) is 18.5 Å². The van der Waals surface area contributed by atoms with Crippen LogP contribution in [0.3, 0.4) is 0 Å². The molecule has 0 amide bonds. The number of carbonyl (C=O) groups excluding carboxylic acids is 1. The van der Waals surface area contributed by atoms with Crippen LogP contribution in [-0.4, -0.2) is 60.1 Å². The lowest BCUT2D eigenvalue weighted by molar-refractivity contribution is -0.142. The van der Waals surface area contributed by atoms with Gasteiger partial charge in [0.1, 0.15) is 36.6 Å². The van der Waals surface area contributed by atoms with Gasteiger partial charge >= 0.3 is 13.6 Å². The molecule has 2 aliphatic rings. The van der Waals surface area contributed by atoms with E-state index in [1.807, 2.05) is 0 Å². The molecule has 5 rings (SSSR count). The maximum atomic E-state index is 15.6. The minimum atomic E-state index is -3.70. The Morgan fingerprint density at radius 3 is 2.97 bits per heavy atom. The lowest BCUT2D eigenvalue weighted by Gasteiger charge is -2.28. The van der Waals surface area contributed by atoms with Crippen molar-refractivity contribution in [3.63, 3.8) is 0 Å². The van der Waals surface area contributed by atoms with Crippen LogP contribution in [0.15, 0.2) is 24.8 Å². The first kappa shape index (κ1) is 26.0. The van der Waals surface area contributed by atoms with Gasteiger partial charge in [-0.1, -0.05) is 0 Å². The number of hydrogen-bond donors (Lipinski definition) is 2. The highest BCUT2D eigenvalue weighted by Gasteiger charge is 2.57. The number of anilines is 1. The van der Waals surface area contributed by atoms with Crippen LogP contribution < -0.4 is 10.3 Å². The quantitative estimate of drug-likeness (QED) is 0.243. The molecule has 0 aromatic carbocycles. The first-order valence-electron chi connectivity index (χ1n) is 11.3. The van der Waals surface area contributed by atoms with E-state index in [1.54, 1.807) is 19.2 Å². The number of aromatic nitrogens is 4. The highest BCUT2D eigenvalue weighted by molar-refractivity contribution is 9.10. The number of ether oxygens (including phenoxy) is 2. The molecule has 0 saturated carbocycles. The van der Waals surface area contributed by atoms with Gasteiger partial charge in [0.15, 0.2) is 12.0 Å². The van der Waals surface area contributed by atoms with Crippen molar-refractivity contribution < 1.29 is 37.4 Å². The number of esters is 1. The van der Waals surface area contributed by atoms with Gasteiger partial charge < -0.3 is 29.4 Å². The average molecular weight is 600 g/mol. The van der Waals surface area contributed by atoms with E-state index in [9.17, 15) is 14.5 Å². The van der Waals surface area contributed by atoms with Crippen LogP contribution in [-0.2, 0) is 36.4 Å². The van der Waals surface area contributed by atoms with Gasteiger partial charge in [0, 0.05) is 30.4 Å². The zero-order chi connectivity index (χ0) is 26.5. The smallest absolute Gasteiger partial charge is 0.379 e. The Labute approximate surface area is 218 Å². The fourth-order valence-electron chi connectivity index (χ4n) is 4.37. The normalized spacial score (nSPS) is 29.2. The fourth-order valence-corrected chi connectivity index (χ4v) is 6.66. The summed E-state index contributed by atoms with van der Waals surface area (Å²) in [5, 5.41) is 11.2. The topological polar surface area (TPSA) is 161 Å². The largest absolute Gasteiger partial charge is 0.461 e. The predicted octanol–water partition coefficient (Wildman–Crippen LogP) is 2.94. The van der Waals surface area contributed by atoms with Gasteiger partial charge in [0.05, 0.1) is 23.8 Å². The van der Waals surface area contributed by atoms with Crippen LogP contribution in [0.25, 0.3) is 11.0 Å². The van der Waals surface area contributed by atoms with Gasteiger partial charge in [-0.2, -0.15) is 0 Å². The minimum absolute atomic E-state index is 0.0113. The molecule has 3 N–H and O–H groups in total. The van der Waals surface area contributed by atoms with E-state index in [0.717, 1.165) is 5.56 Å². The van der Waals surface area contributed by atoms with Gasteiger partial charge in [-0.25, -0.2) is 18.9 Å². The molecule has 0 radical (unpaired) electrons. The summed E-state index contributed by atoms with van der Waals surface area (Å²) in [6, 6.07) is 1.62. The summed E-state index contributed by atoms with van der Waals surface area (Å²) in [5.41, 5.74) is 8.05. The van der Waals surface area contributed by atoms with Crippen molar-refractivity contribution in [2.45, 2.75) is 49.9 Å². The van der Waals surface area contributed by atoms with E-state index in [1.165, 1.54) is 24.0 Å². The number of aliphatic hydroxyl groups excluding tert-OH is 1. The third-order valence-electron chi connectivity index (χ3n) is 6.31. The van der Waals surface area contributed by atoms with Gasteiger partial charge in [0.2, 0.25) is 4.58 Å². The summed E-state index contributed by atoms with van der Waals surface area (Å²) in [5.74, 6) is 0.0734. The summed E-state index contributed by atoms with van der Waals surface area (Å²) in [6.45, 7) is 2.60. The average Bonchev–Trinajstić information content (AvgIpc) is 3.37. The molecule has 5 heterocycles. The Morgan fingerprint density at radius 1 is 1.43 bits per heavy atom. The SMILES string of the molecule is CC(=O)OCc1cnc(C)c2c1CCP(=O)(OC[C@H]1O[C@@H](n3ccc4c(N)ncnc43)[C@@](F)(Br)C1O)O2. The van der Waals surface area contributed by atoms with Gasteiger partial charge in [-0.15, -0.1) is 0 Å². The van der Waals surface area contributed by atoms with Gasteiger partial charge in [-0.3, -0.25) is 14.3 Å². The number of carbonyl (C=O) groups is 1. The second kappa shape index (κ2) is 9.59. The molecule has 5 atom stereocenters. The number of pyridine rings is 1. The monoisotopic (exact) mass is 599 g/mol. The number of nitrogen functional groups attached to an aromatic ring is 1. The van der Waals surface area contributed by atoms with Crippen LogP contribution >= 0.6 is 23.5 Å². The number of hydrogen-bond acceptors (Lipinski definition) is 11. The summed E-state index contributed by atoms with van der Waals surface area (Å²) in [7, 11) is -3.70. The molecule has 12 nitrogen and oxygen atoms in total. The predicted molar refractivity (Wildman–Crippen MR) is 132 cm³/mol. The number of aliphatic hydroxyl groups is 1. The summed E-state index contributed by atoms with van der Waals surface area (Å²) < 4.78 is 50.3. The van der Waals surface area contributed by atoms with E-state index in [0.29, 0.717) is 34.5 Å². The molecular formula is C22H24BrFN5O7P. The lowest BCUT2D eigenvalue weighted by Crippen LogP contribution is -2.38. The summed E-state index contributed by atoms with van der Waals surface area (Å²) >= 11 is 2.95. The minimum Gasteiger partial charge on any atom is -0.461 e. The summed E-state index contributed by atoms with van der Waals surface area (Å²) in [6.07, 6.45) is 0.521. The van der Waals surface area contributed by atoms with Gasteiger partial charge in [0.25, 0.3) is 0 Å². The standard InChI is InChI=1S/C22H24BrFN5O7P/c1-11-17-14(13(7-26-11)8-33-12(2)30)4-6-37(32,36-17)34-9-16-18(31)22(23,24)21(35-16)29-5-3-15-19(25)27-10-28-20(15)29/h3,5,7,10,16,18,21,31H,4,6,8-9H2,1-2H3,(H2,25,27,28)/t16-,18?,21-,22-,37?/m1/s1. The molecule has 0 aliphatic carbocycles. The van der Waals surface area contributed by atoms with Gasteiger partial charge in [-0.05, 0) is 35.3 Å². The van der Waals surface area contributed by atoms with E-state index < -0.39 is 43.2 Å². The molecule has 2 unspecified atom stereocenters. The molecule has 1 fully saturated rings. The molecular weight excluding hydrogens is 576 g/mol. The van der Waals surface area contributed by atoms with Crippen LogP contribution in [0.5, 0.6) is 5.75 Å². The van der Waals surface area contributed by atoms with Crippen molar-refractivity contribution in [2.24, 2.45) is 0 Å². The molecule has 15 heteroatoms. The molecule has 2 aliphatic heterocycles. The maximum Gasteiger partial charge on any atom is 0.379 e. The molecule has 198 valence electrons. The Morgan fingerprint density at radius 2 is 2.22 bits per heavy atom. The van der Waals surface area contributed by atoms with E-state index in [-0.39, 0.29) is 18.6 Å². The Bertz CT molecular complexity index is 1420. The van der Waals surface area contributed by atoms with Crippen molar-refractivity contribution in [3.8, 4) is 5.75 Å². The summed E-state index contributed by atoms with van der Waals surface area (Å²) in [4.78, 5) is 23.5. The van der Waals surface area contributed by atoms with Crippen molar-refractivity contribution in [1.82, 2.24) is 19.5 Å². The number of alkyl halides is 2. The Kier molecular flexibility index (Phi) is 6.73. The molecule has 37 heavy (non-hydrogen) atoms. The van der Waals surface area contributed by atoms with Crippen LogP contribution in [0, 0.1) is 6.92 Å². The highest BCUT2D eigenvalue weighted by atomic mass is 79.9. The number of halogens is 2. The van der Waals surface area contributed by atoms with E-state index >= 15 is 4.39 Å². The van der Waals surface area contributed by atoms with Crippen LogP contribution in [0.4, 0.5) is 10.2 Å². The van der Waals surface area contributed by atoms with Crippen molar-refractivity contribution >= 4 is 46.3 Å². The first-order chi connectivity index (χ1) is 17.5. The third-order valence-corrected chi connectivity index (χ3v) is 8.94. The van der Waals surface area contributed by atoms with E-state index in [4.69, 9.17) is 24.3 Å². The Hall–Kier alpha value is -2.64. The highest BCUT2D eigenvalue weighted by Crippen LogP contribution is 2.55. The zero-order valence-corrected chi connectivity index (χ0v) is 22.3. The molecule has 0 spiro atoms. The second-order valence-corrected chi connectivity index (χ2v) is 12.1. The number of nitrogens with zero attached hydrogens (tertiary/aromatic N) is 4. The number of rotatable bonds is 6. The fraction of sp³-hybridized carbons (Fsp3) is 0.455. The molecule has 3 aromatic heterocycles. The van der Waals surface area contributed by atoms with E-state index in [2.05, 4.69) is 30.9 Å². The van der Waals surface area contributed by atoms with Crippen molar-refractivity contribution in [3.05, 3.63) is 41.6 Å². The first-order valence-corrected chi connectivity index (χ1v) is 13.8. The molecule has 1 saturated heterocycles. The lowest BCUT2D eigenvalue weighted by atomic mass is 10.1. The molecule has 0 bridgehead atoms. The molecule has 3 aromatic rings. The Balaban J connectivity index is 1.32. The number of fused-ring (bicyclic) bond motifs is 2. The van der Waals surface area contributed by atoms with Crippen molar-refractivity contribution in [1.29, 1.82) is 0 Å². The second-order valence-electron chi connectivity index (χ2n) is 8.79.